The van der Waals surface area contributed by atoms with Gasteiger partial charge in [0, 0.05) is 6.54 Å². The Hall–Kier alpha value is -3.85. The lowest BCUT2D eigenvalue weighted by Gasteiger charge is -2.15. The van der Waals surface area contributed by atoms with E-state index in [0.29, 0.717) is 6.42 Å². The Balaban J connectivity index is 1.68. The topological polar surface area (TPSA) is 73.1 Å². The molecule has 0 aliphatic heterocycles. The molecular formula is C25H19ClF3N3O3. The van der Waals surface area contributed by atoms with Crippen molar-refractivity contribution in [1.82, 2.24) is 9.13 Å². The third kappa shape index (κ3) is 5.30. The zero-order valence-electron chi connectivity index (χ0n) is 18.2. The highest BCUT2D eigenvalue weighted by Crippen LogP contribution is 2.33. The number of hydrogen-bond donors (Lipinski definition) is 1. The first kappa shape index (κ1) is 24.3. The number of carbonyl (C=O) groups is 1. The summed E-state index contributed by atoms with van der Waals surface area (Å²) >= 11 is 5.97. The number of hydrogen-bond acceptors (Lipinski definition) is 3. The van der Waals surface area contributed by atoms with E-state index in [4.69, 9.17) is 11.6 Å². The maximum Gasteiger partial charge on any atom is 0.416 e. The summed E-state index contributed by atoms with van der Waals surface area (Å²) in [7, 11) is 0. The number of anilines is 1. The van der Waals surface area contributed by atoms with Crippen LogP contribution in [0.25, 0.3) is 10.9 Å². The predicted molar refractivity (Wildman–Crippen MR) is 128 cm³/mol. The zero-order chi connectivity index (χ0) is 25.2. The Morgan fingerprint density at radius 1 is 0.914 bits per heavy atom. The molecule has 4 rings (SSSR count). The summed E-state index contributed by atoms with van der Waals surface area (Å²) in [5.74, 6) is -0.772. The van der Waals surface area contributed by atoms with Gasteiger partial charge in [0.2, 0.25) is 5.91 Å². The minimum absolute atomic E-state index is 0.0867. The molecule has 180 valence electrons. The third-order valence-electron chi connectivity index (χ3n) is 5.47. The van der Waals surface area contributed by atoms with Gasteiger partial charge in [-0.25, -0.2) is 4.79 Å². The van der Waals surface area contributed by atoms with Crippen LogP contribution in [0.3, 0.4) is 0 Å². The summed E-state index contributed by atoms with van der Waals surface area (Å²) in [4.78, 5) is 39.0. The third-order valence-corrected chi connectivity index (χ3v) is 5.80. The number of amides is 1. The Labute approximate surface area is 202 Å². The standard InChI is InChI=1S/C25H19ClF3N3O3/c26-19-11-10-17(25(27,28)29)14-20(19)30-22(33)15-32-21-9-5-4-8-18(21)23(34)31(24(32)35)13-12-16-6-2-1-3-7-16/h1-11,14H,12-13,15H2,(H,30,33). The fourth-order valence-electron chi connectivity index (χ4n) is 3.74. The quantitative estimate of drug-likeness (QED) is 0.415. The summed E-state index contributed by atoms with van der Waals surface area (Å²) in [6, 6.07) is 18.2. The molecule has 0 radical (unpaired) electrons. The number of para-hydroxylation sites is 1. The molecule has 0 fully saturated rings. The van der Waals surface area contributed by atoms with Crippen LogP contribution < -0.4 is 16.6 Å². The van der Waals surface area contributed by atoms with Crippen LogP contribution in [0.5, 0.6) is 0 Å². The molecule has 6 nitrogen and oxygen atoms in total. The SMILES string of the molecule is O=C(Cn1c(=O)n(CCc2ccccc2)c(=O)c2ccccc21)Nc1cc(C(F)(F)F)ccc1Cl. The molecule has 35 heavy (non-hydrogen) atoms. The minimum Gasteiger partial charge on any atom is -0.323 e. The normalized spacial score (nSPS) is 11.5. The lowest BCUT2D eigenvalue weighted by atomic mass is 10.1. The highest BCUT2D eigenvalue weighted by molar-refractivity contribution is 6.33. The number of alkyl halides is 3. The van der Waals surface area contributed by atoms with Gasteiger partial charge >= 0.3 is 11.9 Å². The van der Waals surface area contributed by atoms with Crippen LogP contribution in [0.15, 0.2) is 82.4 Å². The zero-order valence-corrected chi connectivity index (χ0v) is 18.9. The molecule has 1 N–H and O–H groups in total. The molecule has 0 spiro atoms. The molecule has 0 saturated carbocycles. The molecule has 0 saturated heterocycles. The Morgan fingerprint density at radius 2 is 1.60 bits per heavy atom. The number of rotatable bonds is 6. The van der Waals surface area contributed by atoms with Crippen molar-refractivity contribution in [3.05, 3.63) is 110 Å². The maximum absolute atomic E-state index is 13.2. The Kier molecular flexibility index (Phi) is 6.79. The fraction of sp³-hybridized carbons (Fsp3) is 0.160. The van der Waals surface area contributed by atoms with E-state index in [9.17, 15) is 27.6 Å². The van der Waals surface area contributed by atoms with Gasteiger partial charge in [-0.2, -0.15) is 13.2 Å². The molecule has 0 aliphatic carbocycles. The number of fused-ring (bicyclic) bond motifs is 1. The molecule has 3 aromatic carbocycles. The second kappa shape index (κ2) is 9.79. The molecule has 1 aromatic heterocycles. The molecule has 4 aromatic rings. The summed E-state index contributed by atoms with van der Waals surface area (Å²) in [5, 5.41) is 2.49. The second-order valence-electron chi connectivity index (χ2n) is 7.82. The van der Waals surface area contributed by atoms with Crippen molar-refractivity contribution >= 4 is 34.1 Å². The molecule has 0 unspecified atom stereocenters. The van der Waals surface area contributed by atoms with Crippen LogP contribution >= 0.6 is 11.6 Å². The summed E-state index contributed by atoms with van der Waals surface area (Å²) in [6.45, 7) is -0.439. The predicted octanol–water partition coefficient (Wildman–Crippen LogP) is 4.72. The molecule has 1 amide bonds. The fourth-order valence-corrected chi connectivity index (χ4v) is 3.90. The molecule has 0 aliphatic rings. The number of benzene rings is 3. The van der Waals surface area contributed by atoms with Crippen LogP contribution in [-0.2, 0) is 30.5 Å². The lowest BCUT2D eigenvalue weighted by molar-refractivity contribution is -0.137. The molecule has 10 heteroatoms. The molecule has 0 atom stereocenters. The van der Waals surface area contributed by atoms with Crippen molar-refractivity contribution in [2.24, 2.45) is 0 Å². The lowest BCUT2D eigenvalue weighted by Crippen LogP contribution is -2.42. The van der Waals surface area contributed by atoms with Crippen LogP contribution in [-0.4, -0.2) is 15.0 Å². The van der Waals surface area contributed by atoms with Crippen molar-refractivity contribution in [3.8, 4) is 0 Å². The van der Waals surface area contributed by atoms with Gasteiger partial charge in [-0.05, 0) is 42.3 Å². The van der Waals surface area contributed by atoms with Crippen LogP contribution in [0.2, 0.25) is 5.02 Å². The van der Waals surface area contributed by atoms with Gasteiger partial charge in [0.25, 0.3) is 5.56 Å². The molecular weight excluding hydrogens is 483 g/mol. The van der Waals surface area contributed by atoms with Crippen LogP contribution in [0.4, 0.5) is 18.9 Å². The highest BCUT2D eigenvalue weighted by atomic mass is 35.5. The van der Waals surface area contributed by atoms with E-state index in [-0.39, 0.29) is 28.2 Å². The number of aromatic nitrogens is 2. The summed E-state index contributed by atoms with van der Waals surface area (Å²) in [5.41, 5.74) is -1.23. The van der Waals surface area contributed by atoms with Crippen molar-refractivity contribution in [1.29, 1.82) is 0 Å². The van der Waals surface area contributed by atoms with Crippen molar-refractivity contribution in [3.63, 3.8) is 0 Å². The first-order valence-electron chi connectivity index (χ1n) is 10.6. The van der Waals surface area contributed by atoms with Crippen molar-refractivity contribution in [2.75, 3.05) is 5.32 Å². The number of nitrogens with one attached hydrogen (secondary N) is 1. The van der Waals surface area contributed by atoms with Gasteiger partial charge in [-0.3, -0.25) is 18.7 Å². The number of halogens is 4. The first-order valence-corrected chi connectivity index (χ1v) is 11.0. The van der Waals surface area contributed by atoms with E-state index in [2.05, 4.69) is 5.32 Å². The van der Waals surface area contributed by atoms with E-state index in [1.165, 1.54) is 6.07 Å². The van der Waals surface area contributed by atoms with Gasteiger partial charge in [-0.15, -0.1) is 0 Å². The van der Waals surface area contributed by atoms with Gasteiger partial charge in [0.15, 0.2) is 0 Å². The smallest absolute Gasteiger partial charge is 0.323 e. The molecule has 0 bridgehead atoms. The van der Waals surface area contributed by atoms with Crippen molar-refractivity contribution < 1.29 is 18.0 Å². The Morgan fingerprint density at radius 3 is 2.31 bits per heavy atom. The largest absolute Gasteiger partial charge is 0.416 e. The van der Waals surface area contributed by atoms with E-state index < -0.39 is 35.4 Å². The minimum atomic E-state index is -4.62. The van der Waals surface area contributed by atoms with Gasteiger partial charge in [0.05, 0.1) is 27.2 Å². The van der Waals surface area contributed by atoms with Gasteiger partial charge in [0.1, 0.15) is 6.54 Å². The first-order chi connectivity index (χ1) is 16.6. The number of carbonyl (C=O) groups excluding carboxylic acids is 1. The second-order valence-corrected chi connectivity index (χ2v) is 8.23. The summed E-state index contributed by atoms with van der Waals surface area (Å²) in [6.07, 6.45) is -4.20. The van der Waals surface area contributed by atoms with Gasteiger partial charge < -0.3 is 5.32 Å². The number of nitrogens with zero attached hydrogens (tertiary/aromatic N) is 2. The highest BCUT2D eigenvalue weighted by Gasteiger charge is 2.31. The van der Waals surface area contributed by atoms with E-state index in [0.717, 1.165) is 32.9 Å². The van der Waals surface area contributed by atoms with E-state index in [1.54, 1.807) is 18.2 Å². The van der Waals surface area contributed by atoms with Crippen LogP contribution in [0.1, 0.15) is 11.1 Å². The van der Waals surface area contributed by atoms with E-state index in [1.807, 2.05) is 30.3 Å². The molecule has 1 heterocycles. The Bertz CT molecular complexity index is 1510. The van der Waals surface area contributed by atoms with Crippen LogP contribution in [0, 0.1) is 0 Å². The maximum atomic E-state index is 13.2. The van der Waals surface area contributed by atoms with Crippen molar-refractivity contribution in [2.45, 2.75) is 25.7 Å². The average molecular weight is 502 g/mol. The van der Waals surface area contributed by atoms with E-state index >= 15 is 0 Å². The number of aryl methyl sites for hydroxylation is 1. The average Bonchev–Trinajstić information content (AvgIpc) is 2.83. The monoisotopic (exact) mass is 501 g/mol. The van der Waals surface area contributed by atoms with Gasteiger partial charge in [-0.1, -0.05) is 54.1 Å². The summed E-state index contributed by atoms with van der Waals surface area (Å²) < 4.78 is 41.3.